The number of hydrogen-bond donors (Lipinski definition) is 2. The van der Waals surface area contributed by atoms with Gasteiger partial charge in [-0.15, -0.1) is 0 Å². The zero-order valence-electron chi connectivity index (χ0n) is 12.4. The van der Waals surface area contributed by atoms with Gasteiger partial charge in [-0.25, -0.2) is 4.98 Å². The van der Waals surface area contributed by atoms with Crippen LogP contribution in [0.25, 0.3) is 0 Å². The second-order valence-electron chi connectivity index (χ2n) is 5.42. The van der Waals surface area contributed by atoms with E-state index in [1.165, 1.54) is 0 Å². The predicted octanol–water partition coefficient (Wildman–Crippen LogP) is 2.39. The molecule has 0 atom stereocenters. The Kier molecular flexibility index (Phi) is 6.02. The highest BCUT2D eigenvalue weighted by molar-refractivity contribution is 5.38. The number of hydrogen-bond acceptors (Lipinski definition) is 5. The van der Waals surface area contributed by atoms with Crippen LogP contribution in [-0.4, -0.2) is 34.8 Å². The van der Waals surface area contributed by atoms with Gasteiger partial charge < -0.3 is 15.2 Å². The van der Waals surface area contributed by atoms with Gasteiger partial charge in [-0.1, -0.05) is 13.8 Å². The molecule has 5 nitrogen and oxygen atoms in total. The average molecular weight is 267 g/mol. The van der Waals surface area contributed by atoms with Crippen molar-refractivity contribution in [1.29, 1.82) is 0 Å². The maximum absolute atomic E-state index is 8.89. The van der Waals surface area contributed by atoms with Crippen molar-refractivity contribution in [3.63, 3.8) is 0 Å². The molecule has 1 aromatic heterocycles. The topological polar surface area (TPSA) is 67.3 Å². The highest BCUT2D eigenvalue weighted by atomic mass is 16.5. The van der Waals surface area contributed by atoms with E-state index in [1.807, 2.05) is 19.9 Å². The molecule has 1 rings (SSSR count). The van der Waals surface area contributed by atoms with Crippen molar-refractivity contribution in [1.82, 2.24) is 9.97 Å². The minimum absolute atomic E-state index is 0.118. The molecule has 2 N–H and O–H groups in total. The predicted molar refractivity (Wildman–Crippen MR) is 76.5 cm³/mol. The normalized spacial score (nSPS) is 11.4. The molecule has 19 heavy (non-hydrogen) atoms. The number of nitrogens with one attached hydrogen (secondary N) is 1. The number of aromatic nitrogens is 2. The van der Waals surface area contributed by atoms with Crippen molar-refractivity contribution < 1.29 is 9.84 Å². The van der Waals surface area contributed by atoms with Gasteiger partial charge in [0.15, 0.2) is 0 Å². The number of ether oxygens (including phenoxy) is 1. The second-order valence-corrected chi connectivity index (χ2v) is 5.42. The van der Waals surface area contributed by atoms with Crippen molar-refractivity contribution in [2.75, 3.05) is 25.1 Å². The molecule has 0 bridgehead atoms. The summed E-state index contributed by atoms with van der Waals surface area (Å²) in [4.78, 5) is 8.56. The lowest BCUT2D eigenvalue weighted by Crippen LogP contribution is -2.24. The first-order valence-corrected chi connectivity index (χ1v) is 6.80. The molecule has 0 spiro atoms. The number of anilines is 1. The summed E-state index contributed by atoms with van der Waals surface area (Å²) in [5.74, 6) is 2.08. The third-order valence-corrected chi connectivity index (χ3v) is 2.87. The van der Waals surface area contributed by atoms with Gasteiger partial charge >= 0.3 is 0 Å². The second kappa shape index (κ2) is 7.28. The molecule has 0 amide bonds. The van der Waals surface area contributed by atoms with Gasteiger partial charge in [-0.3, -0.25) is 0 Å². The minimum atomic E-state index is 0.118. The molecule has 0 saturated heterocycles. The largest absolute Gasteiger partial charge is 0.478 e. The zero-order chi connectivity index (χ0) is 14.3. The van der Waals surface area contributed by atoms with Crippen LogP contribution in [0.4, 0.5) is 5.82 Å². The third kappa shape index (κ3) is 5.87. The van der Waals surface area contributed by atoms with Crippen LogP contribution in [0.2, 0.25) is 0 Å². The molecular weight excluding hydrogens is 242 g/mol. The molecule has 0 aromatic carbocycles. The van der Waals surface area contributed by atoms with Crippen LogP contribution in [0.15, 0.2) is 6.07 Å². The molecule has 108 valence electrons. The summed E-state index contributed by atoms with van der Waals surface area (Å²) >= 11 is 0. The van der Waals surface area contributed by atoms with Gasteiger partial charge in [-0.05, 0) is 32.1 Å². The lowest BCUT2D eigenvalue weighted by atomic mass is 9.88. The molecule has 0 saturated carbocycles. The summed E-state index contributed by atoms with van der Waals surface area (Å²) in [7, 11) is 0. The van der Waals surface area contributed by atoms with Gasteiger partial charge in [0, 0.05) is 19.2 Å². The molecule has 0 aliphatic rings. The van der Waals surface area contributed by atoms with Crippen LogP contribution in [-0.2, 0) is 0 Å². The zero-order valence-corrected chi connectivity index (χ0v) is 12.4. The Bertz CT molecular complexity index is 394. The quantitative estimate of drug-likeness (QED) is 0.757. The molecule has 0 aliphatic heterocycles. The number of aliphatic hydroxyl groups excluding tert-OH is 1. The summed E-state index contributed by atoms with van der Waals surface area (Å²) in [6.07, 6.45) is 1.79. The van der Waals surface area contributed by atoms with Crippen LogP contribution < -0.4 is 10.1 Å². The molecule has 0 radical (unpaired) electrons. The minimum Gasteiger partial charge on any atom is -0.478 e. The third-order valence-electron chi connectivity index (χ3n) is 2.87. The first-order chi connectivity index (χ1) is 8.96. The first-order valence-electron chi connectivity index (χ1n) is 6.80. The Morgan fingerprint density at radius 1 is 1.37 bits per heavy atom. The van der Waals surface area contributed by atoms with Crippen molar-refractivity contribution in [3.8, 4) is 5.88 Å². The number of aliphatic hydroxyl groups is 1. The van der Waals surface area contributed by atoms with Crippen molar-refractivity contribution in [2.45, 2.75) is 40.5 Å². The highest BCUT2D eigenvalue weighted by Gasteiger charge is 2.17. The first kappa shape index (κ1) is 15.7. The fourth-order valence-electron chi connectivity index (χ4n) is 1.83. The van der Waals surface area contributed by atoms with Gasteiger partial charge in [0.05, 0.1) is 6.61 Å². The van der Waals surface area contributed by atoms with Crippen LogP contribution in [0, 0.1) is 12.3 Å². The Morgan fingerprint density at radius 2 is 2.11 bits per heavy atom. The maximum atomic E-state index is 8.89. The van der Waals surface area contributed by atoms with Gasteiger partial charge in [-0.2, -0.15) is 4.98 Å². The monoisotopic (exact) mass is 267 g/mol. The molecule has 1 heterocycles. The van der Waals surface area contributed by atoms with Crippen molar-refractivity contribution >= 4 is 5.82 Å². The summed E-state index contributed by atoms with van der Waals surface area (Å²) < 4.78 is 5.40. The lowest BCUT2D eigenvalue weighted by Gasteiger charge is -2.25. The summed E-state index contributed by atoms with van der Waals surface area (Å²) in [6, 6.07) is 1.82. The lowest BCUT2D eigenvalue weighted by molar-refractivity contribution is 0.248. The molecule has 0 unspecified atom stereocenters. The fraction of sp³-hybridized carbons (Fsp3) is 0.714. The van der Waals surface area contributed by atoms with Crippen LogP contribution >= 0.6 is 0 Å². The fourth-order valence-corrected chi connectivity index (χ4v) is 1.83. The van der Waals surface area contributed by atoms with E-state index in [-0.39, 0.29) is 12.0 Å². The van der Waals surface area contributed by atoms with E-state index in [0.29, 0.717) is 18.3 Å². The molecular formula is C14H25N3O2. The van der Waals surface area contributed by atoms with E-state index in [1.54, 1.807) is 0 Å². The van der Waals surface area contributed by atoms with Gasteiger partial charge in [0.2, 0.25) is 5.88 Å². The number of aryl methyl sites for hydroxylation is 1. The van der Waals surface area contributed by atoms with Crippen LogP contribution in [0.3, 0.4) is 0 Å². The molecule has 0 fully saturated rings. The van der Waals surface area contributed by atoms with Crippen molar-refractivity contribution in [3.05, 3.63) is 11.9 Å². The summed E-state index contributed by atoms with van der Waals surface area (Å²) in [5.41, 5.74) is 0.118. The van der Waals surface area contributed by atoms with Crippen molar-refractivity contribution in [2.24, 2.45) is 5.41 Å². The van der Waals surface area contributed by atoms with E-state index in [2.05, 4.69) is 29.1 Å². The SMILES string of the molecule is CCOc1cc(NCC(C)(C)CCCO)nc(C)n1. The van der Waals surface area contributed by atoms with E-state index >= 15 is 0 Å². The Hall–Kier alpha value is -1.36. The smallest absolute Gasteiger partial charge is 0.218 e. The van der Waals surface area contributed by atoms with Crippen LogP contribution in [0.1, 0.15) is 39.4 Å². The molecule has 0 aliphatic carbocycles. The Balaban J connectivity index is 2.61. The van der Waals surface area contributed by atoms with Gasteiger partial charge in [0.1, 0.15) is 11.6 Å². The highest BCUT2D eigenvalue weighted by Crippen LogP contribution is 2.23. The van der Waals surface area contributed by atoms with E-state index in [9.17, 15) is 0 Å². The summed E-state index contributed by atoms with van der Waals surface area (Å²) in [5, 5.41) is 12.2. The number of rotatable bonds is 8. The number of nitrogens with zero attached hydrogens (tertiary/aromatic N) is 2. The summed E-state index contributed by atoms with van der Waals surface area (Å²) in [6.45, 7) is 9.77. The van der Waals surface area contributed by atoms with Crippen LogP contribution in [0.5, 0.6) is 5.88 Å². The average Bonchev–Trinajstić information content (AvgIpc) is 2.34. The Labute approximate surface area is 115 Å². The standard InChI is InChI=1S/C14H25N3O2/c1-5-19-13-9-12(16-11(2)17-13)15-10-14(3,4)7-6-8-18/h9,18H,5-8,10H2,1-4H3,(H,15,16,17). The maximum Gasteiger partial charge on any atom is 0.218 e. The van der Waals surface area contributed by atoms with E-state index in [0.717, 1.165) is 25.2 Å². The van der Waals surface area contributed by atoms with Gasteiger partial charge in [0.25, 0.3) is 0 Å². The van der Waals surface area contributed by atoms with E-state index in [4.69, 9.17) is 9.84 Å². The Morgan fingerprint density at radius 3 is 2.74 bits per heavy atom. The molecule has 5 heteroatoms. The van der Waals surface area contributed by atoms with E-state index < -0.39 is 0 Å². The molecule has 1 aromatic rings.